The second kappa shape index (κ2) is 8.16. The quantitative estimate of drug-likeness (QED) is 0.850. The van der Waals surface area contributed by atoms with Gasteiger partial charge in [0.25, 0.3) is 0 Å². The van der Waals surface area contributed by atoms with E-state index in [0.717, 1.165) is 39.1 Å². The van der Waals surface area contributed by atoms with Crippen LogP contribution < -0.4 is 0 Å². The smallest absolute Gasteiger partial charge is 0.410 e. The third-order valence-electron chi connectivity index (χ3n) is 3.75. The molecule has 0 aromatic heterocycles. The third-order valence-corrected chi connectivity index (χ3v) is 3.75. The molecule has 0 spiro atoms. The van der Waals surface area contributed by atoms with Crippen LogP contribution in [0.3, 0.4) is 0 Å². The molecule has 0 bridgehead atoms. The molecular formula is C19H28N2O2. The van der Waals surface area contributed by atoms with E-state index in [4.69, 9.17) is 4.74 Å². The Bertz CT molecular complexity index is 512. The molecule has 4 nitrogen and oxygen atoms in total. The largest absolute Gasteiger partial charge is 0.444 e. The average molecular weight is 316 g/mol. The Morgan fingerprint density at radius 1 is 1.13 bits per heavy atom. The molecule has 1 aromatic rings. The zero-order chi connectivity index (χ0) is 16.7. The molecule has 126 valence electrons. The van der Waals surface area contributed by atoms with E-state index >= 15 is 0 Å². The van der Waals surface area contributed by atoms with Gasteiger partial charge in [-0.05, 0) is 32.8 Å². The van der Waals surface area contributed by atoms with Crippen LogP contribution in [-0.2, 0) is 4.74 Å². The number of rotatable bonds is 4. The Morgan fingerprint density at radius 3 is 2.39 bits per heavy atom. The minimum atomic E-state index is -0.420. The standard InChI is InChI=1S/C19H28N2O2/c1-19(2,3)23-18(22)21-15-13-20(14-16-21)12-8-7-11-17-9-5-4-6-10-17/h4-7,9-11H,8,12-16H2,1-3H3. The lowest BCUT2D eigenvalue weighted by atomic mass is 10.2. The van der Waals surface area contributed by atoms with Crippen molar-refractivity contribution < 1.29 is 9.53 Å². The van der Waals surface area contributed by atoms with E-state index in [1.807, 2.05) is 31.7 Å². The number of piperazine rings is 1. The summed E-state index contributed by atoms with van der Waals surface area (Å²) in [5.41, 5.74) is 0.818. The molecule has 0 radical (unpaired) electrons. The molecule has 23 heavy (non-hydrogen) atoms. The molecule has 0 unspecified atom stereocenters. The maximum Gasteiger partial charge on any atom is 0.410 e. The normalized spacial score (nSPS) is 16.7. The van der Waals surface area contributed by atoms with Crippen LogP contribution in [0.4, 0.5) is 4.79 Å². The van der Waals surface area contributed by atoms with Gasteiger partial charge in [0.15, 0.2) is 0 Å². The van der Waals surface area contributed by atoms with E-state index < -0.39 is 5.60 Å². The first kappa shape index (κ1) is 17.5. The van der Waals surface area contributed by atoms with Crippen molar-refractivity contribution in [3.05, 3.63) is 42.0 Å². The van der Waals surface area contributed by atoms with E-state index in [2.05, 4.69) is 41.3 Å². The SMILES string of the molecule is CC(C)(C)OC(=O)N1CCN(CCC=Cc2ccccc2)CC1. The van der Waals surface area contributed by atoms with Gasteiger partial charge in [-0.3, -0.25) is 4.90 Å². The molecule has 1 amide bonds. The Hall–Kier alpha value is -1.81. The summed E-state index contributed by atoms with van der Waals surface area (Å²) in [7, 11) is 0. The van der Waals surface area contributed by atoms with Gasteiger partial charge in [0, 0.05) is 32.7 Å². The highest BCUT2D eigenvalue weighted by molar-refractivity contribution is 5.68. The van der Waals surface area contributed by atoms with Crippen molar-refractivity contribution in [1.29, 1.82) is 0 Å². The molecule has 1 fully saturated rings. The zero-order valence-electron chi connectivity index (χ0n) is 14.5. The summed E-state index contributed by atoms with van der Waals surface area (Å²) in [6, 6.07) is 10.3. The lowest BCUT2D eigenvalue weighted by Crippen LogP contribution is -2.50. The molecule has 0 saturated carbocycles. The highest BCUT2D eigenvalue weighted by Crippen LogP contribution is 2.12. The predicted molar refractivity (Wildman–Crippen MR) is 94.3 cm³/mol. The number of benzene rings is 1. The fourth-order valence-corrected chi connectivity index (χ4v) is 2.52. The first-order chi connectivity index (χ1) is 10.9. The molecular weight excluding hydrogens is 288 g/mol. The second-order valence-electron chi connectivity index (χ2n) is 6.91. The number of ether oxygens (including phenoxy) is 1. The average Bonchev–Trinajstić information content (AvgIpc) is 2.51. The third kappa shape index (κ3) is 6.45. The Kier molecular flexibility index (Phi) is 6.22. The minimum absolute atomic E-state index is 0.193. The summed E-state index contributed by atoms with van der Waals surface area (Å²) in [6.07, 6.45) is 5.22. The van der Waals surface area contributed by atoms with Gasteiger partial charge in [-0.2, -0.15) is 0 Å². The topological polar surface area (TPSA) is 32.8 Å². The molecule has 0 N–H and O–H groups in total. The van der Waals surface area contributed by atoms with Crippen LogP contribution in [-0.4, -0.2) is 54.2 Å². The van der Waals surface area contributed by atoms with Crippen LogP contribution >= 0.6 is 0 Å². The Labute approximate surface area is 139 Å². The van der Waals surface area contributed by atoms with E-state index in [1.54, 1.807) is 0 Å². The monoisotopic (exact) mass is 316 g/mol. The van der Waals surface area contributed by atoms with E-state index in [0.29, 0.717) is 0 Å². The number of amides is 1. The highest BCUT2D eigenvalue weighted by Gasteiger charge is 2.25. The highest BCUT2D eigenvalue weighted by atomic mass is 16.6. The van der Waals surface area contributed by atoms with E-state index in [9.17, 15) is 4.79 Å². The van der Waals surface area contributed by atoms with Crippen molar-refractivity contribution >= 4 is 12.2 Å². The maximum absolute atomic E-state index is 12.0. The first-order valence-corrected chi connectivity index (χ1v) is 8.36. The van der Waals surface area contributed by atoms with Gasteiger partial charge in [-0.15, -0.1) is 0 Å². The fourth-order valence-electron chi connectivity index (χ4n) is 2.52. The van der Waals surface area contributed by atoms with Gasteiger partial charge in [0.2, 0.25) is 0 Å². The summed E-state index contributed by atoms with van der Waals surface area (Å²) < 4.78 is 5.42. The molecule has 0 atom stereocenters. The van der Waals surface area contributed by atoms with Gasteiger partial charge in [-0.1, -0.05) is 42.5 Å². The summed E-state index contributed by atoms with van der Waals surface area (Å²) in [6.45, 7) is 10.1. The van der Waals surface area contributed by atoms with E-state index in [1.165, 1.54) is 5.56 Å². The van der Waals surface area contributed by atoms with Crippen LogP contribution in [0.1, 0.15) is 32.8 Å². The first-order valence-electron chi connectivity index (χ1n) is 8.36. The molecule has 0 aliphatic carbocycles. The molecule has 1 saturated heterocycles. The van der Waals surface area contributed by atoms with Crippen LogP contribution in [0.15, 0.2) is 36.4 Å². The Balaban J connectivity index is 1.67. The number of carbonyl (C=O) groups excluding carboxylic acids is 1. The predicted octanol–water partition coefficient (Wildman–Crippen LogP) is 3.64. The summed E-state index contributed by atoms with van der Waals surface area (Å²) in [4.78, 5) is 16.2. The van der Waals surface area contributed by atoms with Crippen molar-refractivity contribution in [3.63, 3.8) is 0 Å². The lowest BCUT2D eigenvalue weighted by molar-refractivity contribution is 0.0147. The maximum atomic E-state index is 12.0. The van der Waals surface area contributed by atoms with Gasteiger partial charge in [0.05, 0.1) is 0 Å². The van der Waals surface area contributed by atoms with Crippen molar-refractivity contribution in [3.8, 4) is 0 Å². The molecule has 1 aromatic carbocycles. The molecule has 1 aliphatic rings. The van der Waals surface area contributed by atoms with Gasteiger partial charge in [0.1, 0.15) is 5.60 Å². The molecule has 2 rings (SSSR count). The van der Waals surface area contributed by atoms with Crippen LogP contribution in [0.25, 0.3) is 6.08 Å². The van der Waals surface area contributed by atoms with Crippen molar-refractivity contribution in [2.75, 3.05) is 32.7 Å². The van der Waals surface area contributed by atoms with E-state index in [-0.39, 0.29) is 6.09 Å². The fraction of sp³-hybridized carbons (Fsp3) is 0.526. The van der Waals surface area contributed by atoms with Gasteiger partial charge < -0.3 is 9.64 Å². The molecule has 1 aliphatic heterocycles. The van der Waals surface area contributed by atoms with Gasteiger partial charge in [-0.25, -0.2) is 4.79 Å². The van der Waals surface area contributed by atoms with Crippen molar-refractivity contribution in [2.24, 2.45) is 0 Å². The molecule has 1 heterocycles. The summed E-state index contributed by atoms with van der Waals surface area (Å²) in [5.74, 6) is 0. The van der Waals surface area contributed by atoms with Gasteiger partial charge >= 0.3 is 6.09 Å². The number of nitrogens with zero attached hydrogens (tertiary/aromatic N) is 2. The summed E-state index contributed by atoms with van der Waals surface area (Å²) >= 11 is 0. The second-order valence-corrected chi connectivity index (χ2v) is 6.91. The van der Waals surface area contributed by atoms with Crippen molar-refractivity contribution in [2.45, 2.75) is 32.8 Å². The minimum Gasteiger partial charge on any atom is -0.444 e. The van der Waals surface area contributed by atoms with Crippen LogP contribution in [0, 0.1) is 0 Å². The number of carbonyl (C=O) groups is 1. The number of hydrogen-bond acceptors (Lipinski definition) is 3. The Morgan fingerprint density at radius 2 is 1.78 bits per heavy atom. The zero-order valence-corrected chi connectivity index (χ0v) is 14.5. The molecule has 4 heteroatoms. The van der Waals surface area contributed by atoms with Crippen LogP contribution in [0.2, 0.25) is 0 Å². The summed E-state index contributed by atoms with van der Waals surface area (Å²) in [5, 5.41) is 0. The van der Waals surface area contributed by atoms with Crippen molar-refractivity contribution in [1.82, 2.24) is 9.80 Å². The lowest BCUT2D eigenvalue weighted by Gasteiger charge is -2.35. The van der Waals surface area contributed by atoms with Crippen LogP contribution in [0.5, 0.6) is 0 Å². The number of hydrogen-bond donors (Lipinski definition) is 0.